The minimum absolute atomic E-state index is 0.0242. The SMILES string of the molecule is C[n+]1ccc(CN(Cc2ccccc2O)c2c(N[C@@H](CO)C(=O)O)c(=O)c2=O)cc1. The molecule has 0 amide bonds. The molecular weight excluding hydrogens is 390 g/mol. The number of aromatic nitrogens is 1. The number of aliphatic hydroxyl groups is 1. The number of aromatic hydroxyl groups is 1. The molecule has 1 heterocycles. The summed E-state index contributed by atoms with van der Waals surface area (Å²) in [5, 5.41) is 31.0. The first-order valence-corrected chi connectivity index (χ1v) is 9.21. The van der Waals surface area contributed by atoms with Crippen molar-refractivity contribution < 1.29 is 24.7 Å². The van der Waals surface area contributed by atoms with Gasteiger partial charge in [0.1, 0.15) is 30.2 Å². The van der Waals surface area contributed by atoms with Gasteiger partial charge in [0.15, 0.2) is 12.4 Å². The van der Waals surface area contributed by atoms with Gasteiger partial charge < -0.3 is 25.5 Å². The minimum atomic E-state index is -1.42. The van der Waals surface area contributed by atoms with Gasteiger partial charge in [0.05, 0.1) is 6.61 Å². The van der Waals surface area contributed by atoms with Crippen molar-refractivity contribution in [1.82, 2.24) is 0 Å². The van der Waals surface area contributed by atoms with Crippen LogP contribution < -0.4 is 25.6 Å². The van der Waals surface area contributed by atoms with Crippen molar-refractivity contribution in [3.63, 3.8) is 0 Å². The highest BCUT2D eigenvalue weighted by atomic mass is 16.4. The van der Waals surface area contributed by atoms with Gasteiger partial charge in [-0.3, -0.25) is 9.59 Å². The molecule has 1 atom stereocenters. The van der Waals surface area contributed by atoms with Gasteiger partial charge in [0.25, 0.3) is 10.9 Å². The summed E-state index contributed by atoms with van der Waals surface area (Å²) in [5.74, 6) is -1.31. The standard InChI is InChI=1S/C21H21N3O6/c1-23-8-6-13(7-9-23)10-24(11-14-4-2-3-5-16(14)26)18-17(19(27)20(18)28)22-15(12-25)21(29)30/h2-9,15,25H,10-12H2,1H3,(H2-,22,26,28,29,30)/p+1/t15-/m0/s1. The first-order valence-electron chi connectivity index (χ1n) is 9.21. The van der Waals surface area contributed by atoms with Crippen LogP contribution in [0.4, 0.5) is 11.4 Å². The van der Waals surface area contributed by atoms with Gasteiger partial charge in [-0.1, -0.05) is 18.2 Å². The van der Waals surface area contributed by atoms with Crippen molar-refractivity contribution in [2.24, 2.45) is 7.05 Å². The topological polar surface area (TPSA) is 131 Å². The van der Waals surface area contributed by atoms with Crippen LogP contribution in [0, 0.1) is 0 Å². The normalized spacial score (nSPS) is 11.9. The lowest BCUT2D eigenvalue weighted by atomic mass is 10.1. The van der Waals surface area contributed by atoms with Crippen LogP contribution in [0.3, 0.4) is 0 Å². The Balaban J connectivity index is 2.00. The number of para-hydroxylation sites is 1. The fourth-order valence-corrected chi connectivity index (χ4v) is 3.10. The van der Waals surface area contributed by atoms with Gasteiger partial charge >= 0.3 is 5.97 Å². The van der Waals surface area contributed by atoms with E-state index in [-0.39, 0.29) is 30.2 Å². The van der Waals surface area contributed by atoms with Crippen LogP contribution in [-0.2, 0) is 24.9 Å². The molecule has 3 aromatic rings. The number of hydrogen-bond donors (Lipinski definition) is 4. The molecule has 0 radical (unpaired) electrons. The van der Waals surface area contributed by atoms with E-state index in [1.54, 1.807) is 23.1 Å². The summed E-state index contributed by atoms with van der Waals surface area (Å²) in [4.78, 5) is 37.4. The molecule has 0 aliphatic heterocycles. The van der Waals surface area contributed by atoms with Crippen LogP contribution >= 0.6 is 0 Å². The molecule has 9 nitrogen and oxygen atoms in total. The third kappa shape index (κ3) is 4.31. The molecule has 0 unspecified atom stereocenters. The molecule has 9 heteroatoms. The number of aliphatic hydroxyl groups excluding tert-OH is 1. The molecule has 0 aliphatic rings. The molecule has 3 rings (SSSR count). The molecule has 4 N–H and O–H groups in total. The Bertz CT molecular complexity index is 1120. The summed E-state index contributed by atoms with van der Waals surface area (Å²) >= 11 is 0. The second-order valence-corrected chi connectivity index (χ2v) is 6.96. The third-order valence-corrected chi connectivity index (χ3v) is 4.77. The molecule has 0 fully saturated rings. The molecule has 0 saturated carbocycles. The molecule has 0 saturated heterocycles. The maximum Gasteiger partial charge on any atom is 0.328 e. The highest BCUT2D eigenvalue weighted by Crippen LogP contribution is 2.27. The summed E-state index contributed by atoms with van der Waals surface area (Å²) in [6.45, 7) is -0.391. The number of hydrogen-bond acceptors (Lipinski definition) is 7. The van der Waals surface area contributed by atoms with E-state index in [1.165, 1.54) is 6.07 Å². The van der Waals surface area contributed by atoms with Gasteiger partial charge in [0.2, 0.25) is 0 Å². The lowest BCUT2D eigenvalue weighted by molar-refractivity contribution is -0.671. The van der Waals surface area contributed by atoms with Crippen LogP contribution in [0.25, 0.3) is 0 Å². The van der Waals surface area contributed by atoms with E-state index in [0.717, 1.165) is 5.56 Å². The van der Waals surface area contributed by atoms with E-state index >= 15 is 0 Å². The average molecular weight is 412 g/mol. The van der Waals surface area contributed by atoms with Crippen LogP contribution in [0.5, 0.6) is 5.75 Å². The Kier molecular flexibility index (Phi) is 6.12. The predicted octanol–water partition coefficient (Wildman–Crippen LogP) is -0.123. The number of carbonyl (C=O) groups is 1. The van der Waals surface area contributed by atoms with E-state index in [9.17, 15) is 24.6 Å². The number of benzene rings is 1. The van der Waals surface area contributed by atoms with Crippen LogP contribution in [0.2, 0.25) is 0 Å². The van der Waals surface area contributed by atoms with E-state index in [0.29, 0.717) is 5.56 Å². The summed E-state index contributed by atoms with van der Waals surface area (Å²) in [6.07, 6.45) is 3.67. The number of carboxylic acids is 1. The summed E-state index contributed by atoms with van der Waals surface area (Å²) in [6, 6.07) is 8.90. The van der Waals surface area contributed by atoms with Gasteiger partial charge in [-0.05, 0) is 11.6 Å². The fourth-order valence-electron chi connectivity index (χ4n) is 3.10. The molecule has 0 bridgehead atoms. The van der Waals surface area contributed by atoms with Crippen molar-refractivity contribution in [2.45, 2.75) is 19.1 Å². The Morgan fingerprint density at radius 1 is 1.10 bits per heavy atom. The molecular formula is C21H22N3O6+. The zero-order valence-corrected chi connectivity index (χ0v) is 16.3. The van der Waals surface area contributed by atoms with Crippen molar-refractivity contribution in [3.8, 4) is 5.75 Å². The lowest BCUT2D eigenvalue weighted by Gasteiger charge is -2.29. The van der Waals surface area contributed by atoms with Crippen molar-refractivity contribution in [3.05, 3.63) is 80.4 Å². The van der Waals surface area contributed by atoms with Crippen molar-refractivity contribution >= 4 is 17.3 Å². The fraction of sp³-hybridized carbons (Fsp3) is 0.238. The maximum atomic E-state index is 12.4. The molecule has 0 spiro atoms. The number of nitrogens with zero attached hydrogens (tertiary/aromatic N) is 2. The second-order valence-electron chi connectivity index (χ2n) is 6.96. The van der Waals surface area contributed by atoms with Crippen LogP contribution in [0.15, 0.2) is 58.4 Å². The van der Waals surface area contributed by atoms with Crippen molar-refractivity contribution in [1.29, 1.82) is 0 Å². The van der Waals surface area contributed by atoms with E-state index < -0.39 is 29.5 Å². The number of phenolic OH excluding ortho intramolecular Hbond substituents is 1. The number of carboxylic acid groups (broad SMARTS) is 1. The Labute approximate surface area is 171 Å². The molecule has 0 aliphatic carbocycles. The number of rotatable bonds is 9. The predicted molar refractivity (Wildman–Crippen MR) is 109 cm³/mol. The average Bonchev–Trinajstić information content (AvgIpc) is 2.73. The summed E-state index contributed by atoms with van der Waals surface area (Å²) in [7, 11) is 1.86. The Morgan fingerprint density at radius 2 is 1.77 bits per heavy atom. The van der Waals surface area contributed by atoms with E-state index in [1.807, 2.05) is 36.1 Å². The smallest absolute Gasteiger partial charge is 0.328 e. The Hall–Kier alpha value is -3.72. The number of aliphatic carboxylic acids is 1. The zero-order chi connectivity index (χ0) is 21.8. The minimum Gasteiger partial charge on any atom is -0.508 e. The third-order valence-electron chi connectivity index (χ3n) is 4.77. The van der Waals surface area contributed by atoms with Gasteiger partial charge in [-0.2, -0.15) is 0 Å². The summed E-state index contributed by atoms with van der Waals surface area (Å²) in [5.41, 5.74) is -0.341. The quantitative estimate of drug-likeness (QED) is 0.283. The number of phenols is 1. The molecule has 156 valence electrons. The van der Waals surface area contributed by atoms with E-state index in [2.05, 4.69) is 5.32 Å². The van der Waals surface area contributed by atoms with Gasteiger partial charge in [-0.15, -0.1) is 0 Å². The van der Waals surface area contributed by atoms with Crippen molar-refractivity contribution in [2.75, 3.05) is 16.8 Å². The van der Waals surface area contributed by atoms with Gasteiger partial charge in [0, 0.05) is 30.8 Å². The first kappa shape index (κ1) is 21.0. The monoisotopic (exact) mass is 412 g/mol. The number of nitrogens with one attached hydrogen (secondary N) is 1. The zero-order valence-electron chi connectivity index (χ0n) is 16.3. The molecule has 30 heavy (non-hydrogen) atoms. The highest BCUT2D eigenvalue weighted by Gasteiger charge is 2.30. The maximum absolute atomic E-state index is 12.4. The second kappa shape index (κ2) is 8.75. The highest BCUT2D eigenvalue weighted by molar-refractivity contribution is 5.82. The summed E-state index contributed by atoms with van der Waals surface area (Å²) < 4.78 is 1.85. The van der Waals surface area contributed by atoms with Crippen LogP contribution in [0.1, 0.15) is 11.1 Å². The first-order chi connectivity index (χ1) is 14.3. The molecule has 1 aromatic heterocycles. The van der Waals surface area contributed by atoms with Gasteiger partial charge in [-0.25, -0.2) is 9.36 Å². The lowest BCUT2D eigenvalue weighted by Crippen LogP contribution is -2.45. The van der Waals surface area contributed by atoms with Crippen LogP contribution in [-0.4, -0.2) is 33.9 Å². The number of pyridine rings is 1. The Morgan fingerprint density at radius 3 is 2.37 bits per heavy atom. The number of anilines is 2. The number of aryl methyl sites for hydroxylation is 1. The molecule has 2 aromatic carbocycles. The largest absolute Gasteiger partial charge is 0.508 e. The van der Waals surface area contributed by atoms with E-state index in [4.69, 9.17) is 5.11 Å².